The second-order valence-corrected chi connectivity index (χ2v) is 6.65. The van der Waals surface area contributed by atoms with E-state index < -0.39 is 0 Å². The lowest BCUT2D eigenvalue weighted by atomic mass is 9.64. The maximum absolute atomic E-state index is 5.84. The van der Waals surface area contributed by atoms with Crippen molar-refractivity contribution in [2.45, 2.75) is 58.6 Å². The van der Waals surface area contributed by atoms with Crippen LogP contribution >= 0.6 is 0 Å². The number of hydrogen-bond donors (Lipinski definition) is 2. The fourth-order valence-corrected chi connectivity index (χ4v) is 3.70. The molecule has 4 atom stereocenters. The molecule has 4 unspecified atom stereocenters. The molecule has 3 heteroatoms. The molecule has 0 aromatic heterocycles. The Morgan fingerprint density at radius 3 is 2.61 bits per heavy atom. The number of nitrogens with two attached hydrogens (primary N) is 1. The molecule has 2 fully saturated rings. The number of ether oxygens (including phenoxy) is 1. The van der Waals surface area contributed by atoms with Gasteiger partial charge in [0.25, 0.3) is 0 Å². The number of nitrogens with one attached hydrogen (secondary N) is 1. The first-order valence-corrected chi connectivity index (χ1v) is 7.64. The molecule has 2 saturated carbocycles. The van der Waals surface area contributed by atoms with Gasteiger partial charge in [0, 0.05) is 18.1 Å². The van der Waals surface area contributed by atoms with Gasteiger partial charge in [0.05, 0.1) is 6.10 Å². The van der Waals surface area contributed by atoms with E-state index in [2.05, 4.69) is 26.1 Å². The predicted octanol–water partition coefficient (Wildman–Crippen LogP) is 2.15. The molecule has 2 aliphatic carbocycles. The van der Waals surface area contributed by atoms with E-state index in [9.17, 15) is 0 Å². The highest BCUT2D eigenvalue weighted by molar-refractivity contribution is 5.03. The van der Waals surface area contributed by atoms with Crippen LogP contribution in [0.5, 0.6) is 0 Å². The summed E-state index contributed by atoms with van der Waals surface area (Å²) in [6.07, 6.45) is 5.66. The molecule has 0 bridgehead atoms. The number of hydrogen-bond acceptors (Lipinski definition) is 3. The highest BCUT2D eigenvalue weighted by atomic mass is 16.5. The van der Waals surface area contributed by atoms with Gasteiger partial charge in [0.1, 0.15) is 0 Å². The molecule has 0 heterocycles. The van der Waals surface area contributed by atoms with E-state index in [1.807, 2.05) is 0 Å². The van der Waals surface area contributed by atoms with E-state index in [-0.39, 0.29) is 5.41 Å². The zero-order chi connectivity index (χ0) is 13.2. The summed E-state index contributed by atoms with van der Waals surface area (Å²) in [4.78, 5) is 0. The second-order valence-electron chi connectivity index (χ2n) is 6.65. The number of rotatable bonds is 6. The SMILES string of the molecule is CCOC1CC(NCC2CCCC2CN)C1(C)C. The molecule has 18 heavy (non-hydrogen) atoms. The van der Waals surface area contributed by atoms with Gasteiger partial charge in [0.2, 0.25) is 0 Å². The first-order chi connectivity index (χ1) is 8.59. The summed E-state index contributed by atoms with van der Waals surface area (Å²) in [5.41, 5.74) is 6.13. The third-order valence-corrected chi connectivity index (χ3v) is 5.29. The van der Waals surface area contributed by atoms with Crippen molar-refractivity contribution in [2.24, 2.45) is 23.0 Å². The quantitative estimate of drug-likeness (QED) is 0.763. The van der Waals surface area contributed by atoms with Gasteiger partial charge in [-0.25, -0.2) is 0 Å². The van der Waals surface area contributed by atoms with Crippen molar-refractivity contribution in [2.75, 3.05) is 19.7 Å². The van der Waals surface area contributed by atoms with Gasteiger partial charge >= 0.3 is 0 Å². The molecule has 0 aliphatic heterocycles. The molecule has 0 amide bonds. The lowest BCUT2D eigenvalue weighted by molar-refractivity contribution is -0.114. The lowest BCUT2D eigenvalue weighted by Gasteiger charge is -2.52. The predicted molar refractivity (Wildman–Crippen MR) is 75.5 cm³/mol. The van der Waals surface area contributed by atoms with Gasteiger partial charge in [-0.3, -0.25) is 0 Å². The summed E-state index contributed by atoms with van der Waals surface area (Å²) in [6.45, 7) is 9.57. The maximum Gasteiger partial charge on any atom is 0.0655 e. The fraction of sp³-hybridized carbons (Fsp3) is 1.00. The van der Waals surface area contributed by atoms with E-state index in [0.717, 1.165) is 31.5 Å². The summed E-state index contributed by atoms with van der Waals surface area (Å²) < 4.78 is 5.78. The molecule has 3 nitrogen and oxygen atoms in total. The van der Waals surface area contributed by atoms with E-state index in [1.54, 1.807) is 0 Å². The van der Waals surface area contributed by atoms with Gasteiger partial charge in [-0.2, -0.15) is 0 Å². The van der Waals surface area contributed by atoms with Crippen LogP contribution in [0.15, 0.2) is 0 Å². The average Bonchev–Trinajstić information content (AvgIpc) is 2.80. The van der Waals surface area contributed by atoms with Crippen molar-refractivity contribution in [1.29, 1.82) is 0 Å². The largest absolute Gasteiger partial charge is 0.378 e. The van der Waals surface area contributed by atoms with Crippen molar-refractivity contribution < 1.29 is 4.74 Å². The first kappa shape index (κ1) is 14.3. The van der Waals surface area contributed by atoms with Gasteiger partial charge in [-0.15, -0.1) is 0 Å². The van der Waals surface area contributed by atoms with Crippen molar-refractivity contribution in [1.82, 2.24) is 5.32 Å². The minimum Gasteiger partial charge on any atom is -0.378 e. The second kappa shape index (κ2) is 5.89. The first-order valence-electron chi connectivity index (χ1n) is 7.64. The Kier molecular flexibility index (Phi) is 4.68. The summed E-state index contributed by atoms with van der Waals surface area (Å²) >= 11 is 0. The van der Waals surface area contributed by atoms with Crippen LogP contribution in [-0.4, -0.2) is 31.8 Å². The summed E-state index contributed by atoms with van der Waals surface area (Å²) in [5.74, 6) is 1.56. The third-order valence-electron chi connectivity index (χ3n) is 5.29. The van der Waals surface area contributed by atoms with E-state index in [1.165, 1.54) is 25.7 Å². The molecule has 0 saturated heterocycles. The average molecular weight is 254 g/mol. The van der Waals surface area contributed by atoms with Crippen molar-refractivity contribution in [3.63, 3.8) is 0 Å². The van der Waals surface area contributed by atoms with Crippen molar-refractivity contribution >= 4 is 0 Å². The molecular formula is C15H30N2O. The standard InChI is InChI=1S/C15H30N2O/c1-4-18-14-8-13(15(14,2)3)17-10-12-7-5-6-11(12)9-16/h11-14,17H,4-10,16H2,1-3H3. The van der Waals surface area contributed by atoms with Crippen molar-refractivity contribution in [3.8, 4) is 0 Å². The molecule has 106 valence electrons. The minimum atomic E-state index is 0.285. The van der Waals surface area contributed by atoms with E-state index in [4.69, 9.17) is 10.5 Å². The van der Waals surface area contributed by atoms with Gasteiger partial charge in [-0.1, -0.05) is 20.3 Å². The van der Waals surface area contributed by atoms with Crippen LogP contribution in [0, 0.1) is 17.3 Å². The zero-order valence-corrected chi connectivity index (χ0v) is 12.2. The topological polar surface area (TPSA) is 47.3 Å². The van der Waals surface area contributed by atoms with E-state index in [0.29, 0.717) is 12.1 Å². The highest BCUT2D eigenvalue weighted by Gasteiger charge is 2.48. The monoisotopic (exact) mass is 254 g/mol. The Morgan fingerprint density at radius 2 is 2.00 bits per heavy atom. The van der Waals surface area contributed by atoms with Crippen LogP contribution in [0.25, 0.3) is 0 Å². The Labute approximate surface area is 112 Å². The Balaban J connectivity index is 1.75. The molecule has 2 aliphatic rings. The van der Waals surface area contributed by atoms with Crippen LogP contribution in [0.1, 0.15) is 46.5 Å². The van der Waals surface area contributed by atoms with Crippen molar-refractivity contribution in [3.05, 3.63) is 0 Å². The maximum atomic E-state index is 5.84. The molecule has 3 N–H and O–H groups in total. The third kappa shape index (κ3) is 2.73. The van der Waals surface area contributed by atoms with Gasteiger partial charge in [-0.05, 0) is 51.1 Å². The normalized spacial score (nSPS) is 38.7. The molecular weight excluding hydrogens is 224 g/mol. The van der Waals surface area contributed by atoms with Gasteiger partial charge in [0.15, 0.2) is 0 Å². The summed E-state index contributed by atoms with van der Waals surface area (Å²) in [5, 5.41) is 3.77. The van der Waals surface area contributed by atoms with Gasteiger partial charge < -0.3 is 15.8 Å². The fourth-order valence-electron chi connectivity index (χ4n) is 3.70. The van der Waals surface area contributed by atoms with Crippen LogP contribution in [0.3, 0.4) is 0 Å². The molecule has 0 aromatic rings. The molecule has 0 aromatic carbocycles. The van der Waals surface area contributed by atoms with E-state index >= 15 is 0 Å². The zero-order valence-electron chi connectivity index (χ0n) is 12.2. The highest BCUT2D eigenvalue weighted by Crippen LogP contribution is 2.43. The van der Waals surface area contributed by atoms with Crippen LogP contribution < -0.4 is 11.1 Å². The molecule has 2 rings (SSSR count). The van der Waals surface area contributed by atoms with Crippen LogP contribution in [-0.2, 0) is 4.74 Å². The van der Waals surface area contributed by atoms with Crippen LogP contribution in [0.2, 0.25) is 0 Å². The smallest absolute Gasteiger partial charge is 0.0655 e. The summed E-state index contributed by atoms with van der Waals surface area (Å²) in [6, 6.07) is 0.619. The lowest BCUT2D eigenvalue weighted by Crippen LogP contribution is -2.61. The Bertz CT molecular complexity index is 267. The summed E-state index contributed by atoms with van der Waals surface area (Å²) in [7, 11) is 0. The van der Waals surface area contributed by atoms with Crippen LogP contribution in [0.4, 0.5) is 0 Å². The Morgan fingerprint density at radius 1 is 1.28 bits per heavy atom. The Hall–Kier alpha value is -0.120. The minimum absolute atomic E-state index is 0.285. The molecule has 0 spiro atoms. The molecule has 0 radical (unpaired) electrons.